The molecule has 1 aromatic heterocycles. The van der Waals surface area contributed by atoms with Crippen molar-refractivity contribution in [3.05, 3.63) is 17.5 Å². The number of carbonyl (C=O) groups is 2. The third kappa shape index (κ3) is 3.76. The summed E-state index contributed by atoms with van der Waals surface area (Å²) >= 11 is 0. The number of hydrogen-bond acceptors (Lipinski definition) is 3. The molecule has 3 atom stereocenters. The smallest absolute Gasteiger partial charge is 0.254 e. The fraction of sp³-hybridized carbons (Fsp3) is 0.762. The van der Waals surface area contributed by atoms with Crippen LogP contribution in [0.5, 0.6) is 0 Å². The van der Waals surface area contributed by atoms with Crippen LogP contribution in [0, 0.1) is 11.8 Å². The molecule has 3 aliphatic rings. The van der Waals surface area contributed by atoms with Gasteiger partial charge < -0.3 is 10.2 Å². The van der Waals surface area contributed by atoms with Crippen LogP contribution in [0.4, 0.5) is 0 Å². The SMILES string of the molecule is CC(C)CCC(=O)N1[C@@H]2CC[C@H]1CC(CNC(=O)c1cnn3c1CCC3)C2. The van der Waals surface area contributed by atoms with E-state index in [0.29, 0.717) is 42.8 Å². The molecule has 6 heteroatoms. The Bertz CT molecular complexity index is 697. The van der Waals surface area contributed by atoms with Crippen molar-refractivity contribution >= 4 is 11.8 Å². The summed E-state index contributed by atoms with van der Waals surface area (Å²) in [5, 5.41) is 7.46. The minimum atomic E-state index is 0.0148. The Morgan fingerprint density at radius 2 is 2.00 bits per heavy atom. The quantitative estimate of drug-likeness (QED) is 0.835. The molecule has 4 rings (SSSR count). The molecule has 0 saturated carbocycles. The Labute approximate surface area is 161 Å². The number of nitrogens with one attached hydrogen (secondary N) is 1. The largest absolute Gasteiger partial charge is 0.352 e. The first-order valence-corrected chi connectivity index (χ1v) is 10.7. The van der Waals surface area contributed by atoms with Crippen molar-refractivity contribution in [1.29, 1.82) is 0 Å². The summed E-state index contributed by atoms with van der Waals surface area (Å²) in [5.74, 6) is 1.41. The first-order valence-electron chi connectivity index (χ1n) is 10.7. The van der Waals surface area contributed by atoms with E-state index in [1.165, 1.54) is 0 Å². The molecule has 2 bridgehead atoms. The molecule has 27 heavy (non-hydrogen) atoms. The Hall–Kier alpha value is -1.85. The van der Waals surface area contributed by atoms with Gasteiger partial charge in [0, 0.05) is 31.6 Å². The molecule has 0 spiro atoms. The predicted molar refractivity (Wildman–Crippen MR) is 103 cm³/mol. The van der Waals surface area contributed by atoms with Crippen LogP contribution in [0.2, 0.25) is 0 Å². The fourth-order valence-corrected chi connectivity index (χ4v) is 5.19. The van der Waals surface area contributed by atoms with Crippen molar-refractivity contribution < 1.29 is 9.59 Å². The number of piperidine rings is 1. The van der Waals surface area contributed by atoms with Gasteiger partial charge in [0.2, 0.25) is 5.91 Å². The zero-order chi connectivity index (χ0) is 19.0. The molecule has 0 aliphatic carbocycles. The third-order valence-corrected chi connectivity index (χ3v) is 6.58. The van der Waals surface area contributed by atoms with Crippen LogP contribution in [-0.2, 0) is 17.8 Å². The van der Waals surface area contributed by atoms with Gasteiger partial charge in [0.15, 0.2) is 0 Å². The van der Waals surface area contributed by atoms with E-state index in [4.69, 9.17) is 0 Å². The summed E-state index contributed by atoms with van der Waals surface area (Å²) < 4.78 is 1.95. The molecule has 2 fully saturated rings. The summed E-state index contributed by atoms with van der Waals surface area (Å²) in [6, 6.07) is 0.761. The molecule has 1 N–H and O–H groups in total. The molecule has 1 aromatic rings. The highest BCUT2D eigenvalue weighted by Gasteiger charge is 2.42. The number of aryl methyl sites for hydroxylation is 1. The van der Waals surface area contributed by atoms with Crippen molar-refractivity contribution in [1.82, 2.24) is 20.0 Å². The minimum Gasteiger partial charge on any atom is -0.352 e. The molecule has 2 amide bonds. The predicted octanol–water partition coefficient (Wildman–Crippen LogP) is 2.76. The van der Waals surface area contributed by atoms with E-state index < -0.39 is 0 Å². The van der Waals surface area contributed by atoms with Crippen LogP contribution >= 0.6 is 0 Å². The Kier molecular flexibility index (Phi) is 5.24. The van der Waals surface area contributed by atoms with Gasteiger partial charge in [-0.3, -0.25) is 14.3 Å². The van der Waals surface area contributed by atoms with Gasteiger partial charge in [-0.1, -0.05) is 13.8 Å². The maximum absolute atomic E-state index is 12.6. The lowest BCUT2D eigenvalue weighted by Gasteiger charge is -2.39. The third-order valence-electron chi connectivity index (χ3n) is 6.58. The number of hydrogen-bond donors (Lipinski definition) is 1. The van der Waals surface area contributed by atoms with Crippen molar-refractivity contribution in [3.63, 3.8) is 0 Å². The first-order chi connectivity index (χ1) is 13.0. The number of nitrogens with zero attached hydrogens (tertiary/aromatic N) is 3. The average molecular weight is 373 g/mol. The highest BCUT2D eigenvalue weighted by Crippen LogP contribution is 2.39. The summed E-state index contributed by atoms with van der Waals surface area (Å²) in [6.45, 7) is 5.99. The highest BCUT2D eigenvalue weighted by molar-refractivity contribution is 5.95. The average Bonchev–Trinajstić information content (AvgIpc) is 3.31. The van der Waals surface area contributed by atoms with Gasteiger partial charge in [-0.15, -0.1) is 0 Å². The van der Waals surface area contributed by atoms with E-state index in [0.717, 1.165) is 62.7 Å². The summed E-state index contributed by atoms with van der Waals surface area (Å²) in [5.41, 5.74) is 1.83. The highest BCUT2D eigenvalue weighted by atomic mass is 16.2. The maximum atomic E-state index is 12.6. The van der Waals surface area contributed by atoms with E-state index in [1.54, 1.807) is 6.20 Å². The second-order valence-electron chi connectivity index (χ2n) is 9.00. The number of aromatic nitrogens is 2. The molecule has 1 unspecified atom stereocenters. The van der Waals surface area contributed by atoms with Gasteiger partial charge in [-0.2, -0.15) is 5.10 Å². The zero-order valence-electron chi connectivity index (χ0n) is 16.6. The molecule has 3 aliphatic heterocycles. The van der Waals surface area contributed by atoms with Gasteiger partial charge in [-0.25, -0.2) is 0 Å². The van der Waals surface area contributed by atoms with Gasteiger partial charge >= 0.3 is 0 Å². The lowest BCUT2D eigenvalue weighted by Crippen LogP contribution is -2.48. The van der Waals surface area contributed by atoms with Crippen LogP contribution in [-0.4, -0.2) is 45.1 Å². The van der Waals surface area contributed by atoms with Gasteiger partial charge in [0.1, 0.15) is 0 Å². The molecule has 0 radical (unpaired) electrons. The van der Waals surface area contributed by atoms with E-state index in [-0.39, 0.29) is 5.91 Å². The van der Waals surface area contributed by atoms with Crippen molar-refractivity contribution in [2.75, 3.05) is 6.54 Å². The topological polar surface area (TPSA) is 67.2 Å². The molecule has 4 heterocycles. The number of rotatable bonds is 6. The van der Waals surface area contributed by atoms with Crippen LogP contribution in [0.25, 0.3) is 0 Å². The number of carbonyl (C=O) groups excluding carboxylic acids is 2. The van der Waals surface area contributed by atoms with Crippen LogP contribution in [0.1, 0.15) is 74.8 Å². The van der Waals surface area contributed by atoms with Crippen molar-refractivity contribution in [2.24, 2.45) is 11.8 Å². The summed E-state index contributed by atoms with van der Waals surface area (Å²) in [7, 11) is 0. The van der Waals surface area contributed by atoms with E-state index >= 15 is 0 Å². The lowest BCUT2D eigenvalue weighted by molar-refractivity contribution is -0.136. The van der Waals surface area contributed by atoms with Crippen molar-refractivity contribution in [2.45, 2.75) is 83.8 Å². The standard InChI is InChI=1S/C21H32N4O2/c1-14(2)5-8-20(26)25-16-6-7-17(25)11-15(10-16)12-22-21(27)18-13-23-24-9-3-4-19(18)24/h13-17H,3-12H2,1-2H3,(H,22,27)/t15?,16-,17+. The van der Waals surface area contributed by atoms with E-state index in [1.807, 2.05) is 4.68 Å². The summed E-state index contributed by atoms with van der Waals surface area (Å²) in [6.07, 6.45) is 9.69. The second-order valence-corrected chi connectivity index (χ2v) is 9.00. The van der Waals surface area contributed by atoms with Gasteiger partial charge in [0.05, 0.1) is 17.5 Å². The van der Waals surface area contributed by atoms with Gasteiger partial charge in [-0.05, 0) is 56.8 Å². The van der Waals surface area contributed by atoms with Crippen LogP contribution in [0.15, 0.2) is 6.20 Å². The van der Waals surface area contributed by atoms with Crippen LogP contribution in [0.3, 0.4) is 0 Å². The Balaban J connectivity index is 1.30. The Morgan fingerprint density at radius 1 is 1.26 bits per heavy atom. The second kappa shape index (κ2) is 7.64. The molecular weight excluding hydrogens is 340 g/mol. The number of fused-ring (bicyclic) bond motifs is 3. The molecule has 0 aromatic carbocycles. The normalized spacial score (nSPS) is 26.5. The minimum absolute atomic E-state index is 0.0148. The number of amides is 2. The lowest BCUT2D eigenvalue weighted by atomic mass is 9.90. The van der Waals surface area contributed by atoms with Gasteiger partial charge in [0.25, 0.3) is 5.91 Å². The molecular formula is C21H32N4O2. The monoisotopic (exact) mass is 372 g/mol. The zero-order valence-corrected chi connectivity index (χ0v) is 16.6. The van der Waals surface area contributed by atoms with E-state index in [2.05, 4.69) is 29.2 Å². The van der Waals surface area contributed by atoms with Crippen LogP contribution < -0.4 is 5.32 Å². The molecule has 148 valence electrons. The fourth-order valence-electron chi connectivity index (χ4n) is 5.19. The maximum Gasteiger partial charge on any atom is 0.254 e. The van der Waals surface area contributed by atoms with E-state index in [9.17, 15) is 9.59 Å². The van der Waals surface area contributed by atoms with Crippen molar-refractivity contribution in [3.8, 4) is 0 Å². The first kappa shape index (κ1) is 18.5. The molecule has 2 saturated heterocycles. The molecule has 6 nitrogen and oxygen atoms in total. The Morgan fingerprint density at radius 3 is 2.70 bits per heavy atom. The summed E-state index contributed by atoms with van der Waals surface area (Å²) in [4.78, 5) is 27.4.